The molecule has 94 valence electrons. The summed E-state index contributed by atoms with van der Waals surface area (Å²) in [5.41, 5.74) is 0.129. The molecule has 5 nitrogen and oxygen atoms in total. The van der Waals surface area contributed by atoms with Crippen molar-refractivity contribution < 1.29 is 19.4 Å². The van der Waals surface area contributed by atoms with E-state index in [2.05, 4.69) is 4.74 Å². The SMILES string of the molecule is CCOc1cccc(C=C(C#N)C(=O)OC)c1O. The summed E-state index contributed by atoms with van der Waals surface area (Å²) in [6.45, 7) is 2.19. The summed E-state index contributed by atoms with van der Waals surface area (Å²) in [7, 11) is 1.18. The van der Waals surface area contributed by atoms with E-state index >= 15 is 0 Å². The molecule has 0 saturated heterocycles. The molecule has 5 heteroatoms. The number of nitriles is 1. The lowest BCUT2D eigenvalue weighted by molar-refractivity contribution is -0.135. The average molecular weight is 247 g/mol. The summed E-state index contributed by atoms with van der Waals surface area (Å²) in [4.78, 5) is 11.2. The Morgan fingerprint density at radius 1 is 1.56 bits per heavy atom. The van der Waals surface area contributed by atoms with E-state index in [0.29, 0.717) is 17.9 Å². The Bertz CT molecular complexity index is 514. The van der Waals surface area contributed by atoms with Crippen LogP contribution in [-0.4, -0.2) is 24.8 Å². The predicted octanol–water partition coefficient (Wildman–Crippen LogP) is 1.87. The van der Waals surface area contributed by atoms with Gasteiger partial charge < -0.3 is 14.6 Å². The lowest BCUT2D eigenvalue weighted by Crippen LogP contribution is -2.02. The third-order valence-electron chi connectivity index (χ3n) is 2.16. The number of ether oxygens (including phenoxy) is 2. The maximum atomic E-state index is 11.2. The van der Waals surface area contributed by atoms with Gasteiger partial charge in [-0.2, -0.15) is 5.26 Å². The molecular formula is C13H13NO4. The highest BCUT2D eigenvalue weighted by molar-refractivity contribution is 5.98. The number of phenolic OH excluding ortho intramolecular Hbond substituents is 1. The lowest BCUT2D eigenvalue weighted by Gasteiger charge is -2.07. The van der Waals surface area contributed by atoms with E-state index in [1.54, 1.807) is 31.2 Å². The van der Waals surface area contributed by atoms with Crippen LogP contribution in [0.2, 0.25) is 0 Å². The first-order valence-corrected chi connectivity index (χ1v) is 5.28. The molecule has 0 heterocycles. The van der Waals surface area contributed by atoms with Gasteiger partial charge in [0.25, 0.3) is 0 Å². The van der Waals surface area contributed by atoms with Gasteiger partial charge in [-0.3, -0.25) is 0 Å². The molecule has 0 unspecified atom stereocenters. The van der Waals surface area contributed by atoms with Crippen LogP contribution in [-0.2, 0) is 9.53 Å². The van der Waals surface area contributed by atoms with E-state index in [4.69, 9.17) is 10.00 Å². The monoisotopic (exact) mass is 247 g/mol. The Hall–Kier alpha value is -2.48. The van der Waals surface area contributed by atoms with E-state index in [0.717, 1.165) is 0 Å². The number of hydrogen-bond acceptors (Lipinski definition) is 5. The van der Waals surface area contributed by atoms with Crippen molar-refractivity contribution in [3.05, 3.63) is 29.3 Å². The van der Waals surface area contributed by atoms with Crippen molar-refractivity contribution >= 4 is 12.0 Å². The number of methoxy groups -OCH3 is 1. The van der Waals surface area contributed by atoms with Crippen LogP contribution in [0.15, 0.2) is 23.8 Å². The molecule has 0 aliphatic rings. The predicted molar refractivity (Wildman–Crippen MR) is 64.9 cm³/mol. The van der Waals surface area contributed by atoms with Crippen molar-refractivity contribution in [3.8, 4) is 17.6 Å². The minimum atomic E-state index is -0.751. The van der Waals surface area contributed by atoms with Crippen LogP contribution in [0.1, 0.15) is 12.5 Å². The number of phenols is 1. The molecule has 1 aromatic carbocycles. The Morgan fingerprint density at radius 3 is 2.83 bits per heavy atom. The van der Waals surface area contributed by atoms with Crippen LogP contribution in [0.25, 0.3) is 6.08 Å². The van der Waals surface area contributed by atoms with E-state index in [1.165, 1.54) is 13.2 Å². The molecule has 1 N–H and O–H groups in total. The highest BCUT2D eigenvalue weighted by Crippen LogP contribution is 2.31. The summed E-state index contributed by atoms with van der Waals surface area (Å²) >= 11 is 0. The van der Waals surface area contributed by atoms with Crippen molar-refractivity contribution in [2.75, 3.05) is 13.7 Å². The first kappa shape index (κ1) is 13.6. The molecular weight excluding hydrogens is 234 g/mol. The van der Waals surface area contributed by atoms with Gasteiger partial charge >= 0.3 is 5.97 Å². The second-order valence-corrected chi connectivity index (χ2v) is 3.29. The van der Waals surface area contributed by atoms with E-state index < -0.39 is 5.97 Å². The number of rotatable bonds is 4. The van der Waals surface area contributed by atoms with Gasteiger partial charge in [-0.1, -0.05) is 12.1 Å². The van der Waals surface area contributed by atoms with Gasteiger partial charge in [-0.25, -0.2) is 4.79 Å². The number of para-hydroxylation sites is 1. The average Bonchev–Trinajstić information content (AvgIpc) is 2.39. The first-order chi connectivity index (χ1) is 8.63. The van der Waals surface area contributed by atoms with Gasteiger partial charge in [0.2, 0.25) is 0 Å². The molecule has 1 rings (SSSR count). The van der Waals surface area contributed by atoms with Gasteiger partial charge in [0.15, 0.2) is 11.5 Å². The molecule has 0 amide bonds. The first-order valence-electron chi connectivity index (χ1n) is 5.28. The lowest BCUT2D eigenvalue weighted by atomic mass is 10.1. The van der Waals surface area contributed by atoms with Gasteiger partial charge in [0, 0.05) is 5.56 Å². The Balaban J connectivity index is 3.18. The maximum absolute atomic E-state index is 11.2. The van der Waals surface area contributed by atoms with Gasteiger partial charge in [-0.05, 0) is 19.1 Å². The van der Waals surface area contributed by atoms with Crippen molar-refractivity contribution in [2.24, 2.45) is 0 Å². The van der Waals surface area contributed by atoms with E-state index in [9.17, 15) is 9.90 Å². The fourth-order valence-corrected chi connectivity index (χ4v) is 1.33. The molecule has 18 heavy (non-hydrogen) atoms. The summed E-state index contributed by atoms with van der Waals surface area (Å²) in [6.07, 6.45) is 1.25. The third kappa shape index (κ3) is 3.01. The fourth-order valence-electron chi connectivity index (χ4n) is 1.33. The minimum Gasteiger partial charge on any atom is -0.504 e. The van der Waals surface area contributed by atoms with Crippen LogP contribution >= 0.6 is 0 Å². The zero-order valence-electron chi connectivity index (χ0n) is 10.1. The topological polar surface area (TPSA) is 79.5 Å². The standard InChI is InChI=1S/C13H13NO4/c1-3-18-11-6-4-5-9(12(11)15)7-10(8-14)13(16)17-2/h4-7,15H,3H2,1-2H3. The summed E-state index contributed by atoms with van der Waals surface area (Å²) in [5, 5.41) is 18.7. The Labute approximate surface area is 105 Å². The Morgan fingerprint density at radius 2 is 2.28 bits per heavy atom. The molecule has 0 spiro atoms. The smallest absolute Gasteiger partial charge is 0.348 e. The van der Waals surface area contributed by atoms with Crippen molar-refractivity contribution in [3.63, 3.8) is 0 Å². The zero-order valence-corrected chi connectivity index (χ0v) is 10.1. The van der Waals surface area contributed by atoms with Gasteiger partial charge in [0.05, 0.1) is 13.7 Å². The van der Waals surface area contributed by atoms with E-state index in [-0.39, 0.29) is 11.3 Å². The number of nitrogens with zero attached hydrogens (tertiary/aromatic N) is 1. The number of carbonyl (C=O) groups excluding carboxylic acids is 1. The molecule has 0 bridgehead atoms. The van der Waals surface area contributed by atoms with Crippen LogP contribution in [0.5, 0.6) is 11.5 Å². The molecule has 0 aliphatic heterocycles. The highest BCUT2D eigenvalue weighted by atomic mass is 16.5. The number of hydrogen-bond donors (Lipinski definition) is 1. The van der Waals surface area contributed by atoms with Crippen LogP contribution in [0.4, 0.5) is 0 Å². The molecule has 0 atom stereocenters. The number of benzene rings is 1. The van der Waals surface area contributed by atoms with Gasteiger partial charge in [0.1, 0.15) is 11.6 Å². The van der Waals surface area contributed by atoms with Crippen molar-refractivity contribution in [1.82, 2.24) is 0 Å². The second kappa shape index (κ2) is 6.30. The summed E-state index contributed by atoms with van der Waals surface area (Å²) in [6, 6.07) is 6.54. The molecule has 1 aromatic rings. The number of aromatic hydroxyl groups is 1. The van der Waals surface area contributed by atoms with Gasteiger partial charge in [-0.15, -0.1) is 0 Å². The second-order valence-electron chi connectivity index (χ2n) is 3.29. The van der Waals surface area contributed by atoms with Crippen LogP contribution in [0, 0.1) is 11.3 Å². The highest BCUT2D eigenvalue weighted by Gasteiger charge is 2.12. The van der Waals surface area contributed by atoms with Crippen LogP contribution < -0.4 is 4.74 Å². The molecule has 0 radical (unpaired) electrons. The van der Waals surface area contributed by atoms with E-state index in [1.807, 2.05) is 0 Å². The van der Waals surface area contributed by atoms with Crippen LogP contribution in [0.3, 0.4) is 0 Å². The summed E-state index contributed by atoms with van der Waals surface area (Å²) in [5.74, 6) is -0.567. The zero-order chi connectivity index (χ0) is 13.5. The molecule has 0 saturated carbocycles. The fraction of sp³-hybridized carbons (Fsp3) is 0.231. The molecule has 0 fully saturated rings. The number of esters is 1. The number of carbonyl (C=O) groups is 1. The minimum absolute atomic E-state index is 0.115. The molecule has 0 aromatic heterocycles. The third-order valence-corrected chi connectivity index (χ3v) is 2.16. The quantitative estimate of drug-likeness (QED) is 0.499. The normalized spacial score (nSPS) is 10.6. The molecule has 0 aliphatic carbocycles. The Kier molecular flexibility index (Phi) is 4.76. The maximum Gasteiger partial charge on any atom is 0.348 e. The van der Waals surface area contributed by atoms with Crippen molar-refractivity contribution in [2.45, 2.75) is 6.92 Å². The largest absolute Gasteiger partial charge is 0.504 e. The summed E-state index contributed by atoms with van der Waals surface area (Å²) < 4.78 is 9.65. The van der Waals surface area contributed by atoms with Crippen molar-refractivity contribution in [1.29, 1.82) is 5.26 Å².